The molecular formula is C13H16N4O2. The van der Waals surface area contributed by atoms with Crippen molar-refractivity contribution in [2.45, 2.75) is 13.5 Å². The lowest BCUT2D eigenvalue weighted by molar-refractivity contribution is 0.0602. The minimum absolute atomic E-state index is 0.395. The highest BCUT2D eigenvalue weighted by atomic mass is 16.5. The number of anilines is 3. The fraction of sp³-hybridized carbons (Fsp3) is 0.231. The Bertz CT molecular complexity index is 592. The van der Waals surface area contributed by atoms with Gasteiger partial charge in [-0.25, -0.2) is 4.79 Å². The molecule has 0 bridgehead atoms. The van der Waals surface area contributed by atoms with Crippen LogP contribution in [0.3, 0.4) is 0 Å². The van der Waals surface area contributed by atoms with Gasteiger partial charge in [0.25, 0.3) is 0 Å². The standard InChI is InChI=1S/C13H16N4O2/c1-3-17-8-10(7-15-17)16-12-5-4-9(14)6-11(12)13(18)19-2/h4-8,16H,3,14H2,1-2H3. The maximum Gasteiger partial charge on any atom is 0.340 e. The number of hydrogen-bond donors (Lipinski definition) is 2. The number of carbonyl (C=O) groups excluding carboxylic acids is 1. The van der Waals surface area contributed by atoms with E-state index in [1.165, 1.54) is 7.11 Å². The van der Waals surface area contributed by atoms with Gasteiger partial charge in [-0.15, -0.1) is 0 Å². The Morgan fingerprint density at radius 3 is 2.95 bits per heavy atom. The Hall–Kier alpha value is -2.50. The molecule has 0 atom stereocenters. The third-order valence-electron chi connectivity index (χ3n) is 2.69. The molecule has 1 aromatic carbocycles. The summed E-state index contributed by atoms with van der Waals surface area (Å²) in [5, 5.41) is 7.29. The van der Waals surface area contributed by atoms with Crippen molar-refractivity contribution < 1.29 is 9.53 Å². The van der Waals surface area contributed by atoms with Crippen molar-refractivity contribution >= 4 is 23.0 Å². The van der Waals surface area contributed by atoms with Gasteiger partial charge in [-0.2, -0.15) is 5.10 Å². The molecule has 2 aromatic rings. The van der Waals surface area contributed by atoms with E-state index in [4.69, 9.17) is 10.5 Å². The second-order valence-electron chi connectivity index (χ2n) is 4.01. The van der Waals surface area contributed by atoms with E-state index in [2.05, 4.69) is 10.4 Å². The third kappa shape index (κ3) is 2.85. The lowest BCUT2D eigenvalue weighted by atomic mass is 10.1. The first kappa shape index (κ1) is 12.9. The number of rotatable bonds is 4. The molecule has 3 N–H and O–H groups in total. The van der Waals surface area contributed by atoms with E-state index in [-0.39, 0.29) is 0 Å². The summed E-state index contributed by atoms with van der Waals surface area (Å²) in [6, 6.07) is 5.04. The molecule has 0 amide bonds. The van der Waals surface area contributed by atoms with Gasteiger partial charge in [0.05, 0.1) is 30.2 Å². The number of carbonyl (C=O) groups is 1. The molecule has 0 unspecified atom stereocenters. The second-order valence-corrected chi connectivity index (χ2v) is 4.01. The quantitative estimate of drug-likeness (QED) is 0.649. The van der Waals surface area contributed by atoms with Gasteiger partial charge in [0.1, 0.15) is 0 Å². The van der Waals surface area contributed by atoms with E-state index >= 15 is 0 Å². The number of nitrogens with two attached hydrogens (primary N) is 1. The van der Waals surface area contributed by atoms with E-state index in [0.29, 0.717) is 16.9 Å². The SMILES string of the molecule is CCn1cc(Nc2ccc(N)cc2C(=O)OC)cn1. The number of aromatic nitrogens is 2. The number of ether oxygens (including phenoxy) is 1. The second kappa shape index (κ2) is 5.43. The van der Waals surface area contributed by atoms with Gasteiger partial charge in [0.2, 0.25) is 0 Å². The van der Waals surface area contributed by atoms with Crippen LogP contribution in [0, 0.1) is 0 Å². The molecular weight excluding hydrogens is 244 g/mol. The Kier molecular flexibility index (Phi) is 3.70. The Balaban J connectivity index is 2.31. The lowest BCUT2D eigenvalue weighted by Gasteiger charge is -2.09. The first-order chi connectivity index (χ1) is 9.13. The van der Waals surface area contributed by atoms with Crippen LogP contribution in [0.4, 0.5) is 17.1 Å². The number of nitrogens with one attached hydrogen (secondary N) is 1. The average molecular weight is 260 g/mol. The number of esters is 1. The summed E-state index contributed by atoms with van der Waals surface area (Å²) in [7, 11) is 1.34. The summed E-state index contributed by atoms with van der Waals surface area (Å²) in [5.74, 6) is -0.433. The molecule has 6 nitrogen and oxygen atoms in total. The highest BCUT2D eigenvalue weighted by molar-refractivity contribution is 5.97. The number of nitrogens with zero attached hydrogens (tertiary/aromatic N) is 2. The minimum atomic E-state index is -0.433. The average Bonchev–Trinajstić information content (AvgIpc) is 2.87. The minimum Gasteiger partial charge on any atom is -0.465 e. The molecule has 0 saturated heterocycles. The normalized spacial score (nSPS) is 10.2. The van der Waals surface area contributed by atoms with Gasteiger partial charge in [-0.05, 0) is 25.1 Å². The van der Waals surface area contributed by atoms with E-state index in [9.17, 15) is 4.79 Å². The highest BCUT2D eigenvalue weighted by Gasteiger charge is 2.13. The van der Waals surface area contributed by atoms with Crippen molar-refractivity contribution in [2.75, 3.05) is 18.2 Å². The molecule has 1 aromatic heterocycles. The maximum atomic E-state index is 11.7. The van der Waals surface area contributed by atoms with E-state index in [0.717, 1.165) is 12.2 Å². The molecule has 6 heteroatoms. The van der Waals surface area contributed by atoms with Crippen LogP contribution in [0.5, 0.6) is 0 Å². The number of hydrogen-bond acceptors (Lipinski definition) is 5. The van der Waals surface area contributed by atoms with Crippen LogP contribution in [0.2, 0.25) is 0 Å². The predicted molar refractivity (Wildman–Crippen MR) is 73.4 cm³/mol. The third-order valence-corrected chi connectivity index (χ3v) is 2.69. The topological polar surface area (TPSA) is 82.2 Å². The van der Waals surface area contributed by atoms with Crippen molar-refractivity contribution in [1.82, 2.24) is 9.78 Å². The first-order valence-corrected chi connectivity index (χ1v) is 5.91. The van der Waals surface area contributed by atoms with Crippen molar-refractivity contribution in [1.29, 1.82) is 0 Å². The smallest absolute Gasteiger partial charge is 0.340 e. The van der Waals surface area contributed by atoms with Crippen LogP contribution >= 0.6 is 0 Å². The molecule has 0 radical (unpaired) electrons. The van der Waals surface area contributed by atoms with Crippen molar-refractivity contribution in [3.8, 4) is 0 Å². The summed E-state index contributed by atoms with van der Waals surface area (Å²) < 4.78 is 6.53. The zero-order chi connectivity index (χ0) is 13.8. The molecule has 19 heavy (non-hydrogen) atoms. The zero-order valence-corrected chi connectivity index (χ0v) is 10.9. The zero-order valence-electron chi connectivity index (χ0n) is 10.9. The van der Waals surface area contributed by atoms with Gasteiger partial charge in [-0.3, -0.25) is 4.68 Å². The monoisotopic (exact) mass is 260 g/mol. The number of aryl methyl sites for hydroxylation is 1. The Morgan fingerprint density at radius 1 is 1.53 bits per heavy atom. The van der Waals surface area contributed by atoms with Gasteiger partial charge in [0, 0.05) is 18.4 Å². The van der Waals surface area contributed by atoms with E-state index in [1.54, 1.807) is 29.1 Å². The highest BCUT2D eigenvalue weighted by Crippen LogP contribution is 2.23. The molecule has 100 valence electrons. The van der Waals surface area contributed by atoms with Crippen molar-refractivity contribution in [3.63, 3.8) is 0 Å². The van der Waals surface area contributed by atoms with Crippen LogP contribution in [-0.4, -0.2) is 22.9 Å². The molecule has 2 rings (SSSR count). The molecule has 0 saturated carbocycles. The van der Waals surface area contributed by atoms with Crippen LogP contribution in [0.1, 0.15) is 17.3 Å². The molecule has 0 aliphatic rings. The van der Waals surface area contributed by atoms with E-state index < -0.39 is 5.97 Å². The molecule has 0 aliphatic carbocycles. The predicted octanol–water partition coefficient (Wildman–Crippen LogP) is 2.02. The van der Waals surface area contributed by atoms with Gasteiger partial charge in [-0.1, -0.05) is 0 Å². The van der Waals surface area contributed by atoms with Crippen LogP contribution in [0.25, 0.3) is 0 Å². The Labute approximate surface area is 111 Å². The molecule has 1 heterocycles. The largest absolute Gasteiger partial charge is 0.465 e. The summed E-state index contributed by atoms with van der Waals surface area (Å²) in [6.45, 7) is 2.78. The summed E-state index contributed by atoms with van der Waals surface area (Å²) >= 11 is 0. The van der Waals surface area contributed by atoms with Crippen molar-refractivity contribution in [3.05, 3.63) is 36.2 Å². The van der Waals surface area contributed by atoms with Gasteiger partial charge < -0.3 is 15.8 Å². The van der Waals surface area contributed by atoms with Gasteiger partial charge >= 0.3 is 5.97 Å². The molecule has 0 aliphatic heterocycles. The lowest BCUT2D eigenvalue weighted by Crippen LogP contribution is -2.06. The van der Waals surface area contributed by atoms with E-state index in [1.807, 2.05) is 13.1 Å². The van der Waals surface area contributed by atoms with Crippen LogP contribution in [-0.2, 0) is 11.3 Å². The summed E-state index contributed by atoms with van der Waals surface area (Å²) in [6.07, 6.45) is 3.55. The molecule has 0 fully saturated rings. The van der Waals surface area contributed by atoms with Crippen molar-refractivity contribution in [2.24, 2.45) is 0 Å². The fourth-order valence-electron chi connectivity index (χ4n) is 1.71. The summed E-state index contributed by atoms with van der Waals surface area (Å²) in [5.41, 5.74) is 8.03. The fourth-order valence-corrected chi connectivity index (χ4v) is 1.71. The number of methoxy groups -OCH3 is 1. The summed E-state index contributed by atoms with van der Waals surface area (Å²) in [4.78, 5) is 11.7. The number of nitrogen functional groups attached to an aromatic ring is 1. The van der Waals surface area contributed by atoms with Crippen LogP contribution < -0.4 is 11.1 Å². The first-order valence-electron chi connectivity index (χ1n) is 5.91. The molecule has 0 spiro atoms. The maximum absolute atomic E-state index is 11.7. The van der Waals surface area contributed by atoms with Crippen LogP contribution in [0.15, 0.2) is 30.6 Å². The number of benzene rings is 1. The Morgan fingerprint density at radius 2 is 2.32 bits per heavy atom. The van der Waals surface area contributed by atoms with Gasteiger partial charge in [0.15, 0.2) is 0 Å².